The number of rotatable bonds is 3. The van der Waals surface area contributed by atoms with Gasteiger partial charge in [-0.3, -0.25) is 0 Å². The van der Waals surface area contributed by atoms with Crippen molar-refractivity contribution >= 4 is 5.97 Å². The molecule has 21 heavy (non-hydrogen) atoms. The zero-order chi connectivity index (χ0) is 14.7. The highest BCUT2D eigenvalue weighted by atomic mass is 16.5. The predicted molar refractivity (Wildman–Crippen MR) is 80.8 cm³/mol. The van der Waals surface area contributed by atoms with Crippen molar-refractivity contribution in [1.29, 1.82) is 0 Å². The maximum absolute atomic E-state index is 11.6. The van der Waals surface area contributed by atoms with Crippen molar-refractivity contribution in [3.8, 4) is 5.75 Å². The summed E-state index contributed by atoms with van der Waals surface area (Å²) in [5, 5.41) is 0. The highest BCUT2D eigenvalue weighted by Gasteiger charge is 2.21. The van der Waals surface area contributed by atoms with Gasteiger partial charge in [-0.25, -0.2) is 4.79 Å². The van der Waals surface area contributed by atoms with E-state index in [1.165, 1.54) is 11.1 Å². The molecule has 0 saturated heterocycles. The number of para-hydroxylation sites is 1. The first-order valence-electron chi connectivity index (χ1n) is 7.25. The summed E-state index contributed by atoms with van der Waals surface area (Å²) in [5.41, 5.74) is 3.03. The van der Waals surface area contributed by atoms with Crippen LogP contribution in [0.3, 0.4) is 0 Å². The van der Waals surface area contributed by atoms with Crippen LogP contribution in [0, 0.1) is 0 Å². The molecule has 0 fully saturated rings. The van der Waals surface area contributed by atoms with E-state index < -0.39 is 0 Å². The van der Waals surface area contributed by atoms with Gasteiger partial charge in [-0.05, 0) is 42.7 Å². The van der Waals surface area contributed by atoms with Crippen LogP contribution in [0.25, 0.3) is 0 Å². The molecular weight excluding hydrogens is 264 g/mol. The lowest BCUT2D eigenvalue weighted by molar-refractivity contribution is 0.0526. The molecule has 1 aliphatic rings. The first kappa shape index (κ1) is 13.7. The number of carbonyl (C=O) groups excluding carboxylic acids is 1. The van der Waals surface area contributed by atoms with Crippen LogP contribution < -0.4 is 4.74 Å². The third-order valence-corrected chi connectivity index (χ3v) is 3.77. The molecule has 0 N–H and O–H groups in total. The lowest BCUT2D eigenvalue weighted by atomic mass is 9.90. The van der Waals surface area contributed by atoms with Gasteiger partial charge in [0.05, 0.1) is 18.8 Å². The summed E-state index contributed by atoms with van der Waals surface area (Å²) < 4.78 is 10.8. The normalized spacial score (nSPS) is 16.7. The van der Waals surface area contributed by atoms with Gasteiger partial charge >= 0.3 is 5.97 Å². The molecule has 1 aliphatic heterocycles. The summed E-state index contributed by atoms with van der Waals surface area (Å²) >= 11 is 0. The van der Waals surface area contributed by atoms with Crippen molar-refractivity contribution in [1.82, 2.24) is 0 Å². The average Bonchev–Trinajstić information content (AvgIpc) is 2.55. The molecule has 0 bridgehead atoms. The van der Waals surface area contributed by atoms with Crippen LogP contribution in [0.4, 0.5) is 0 Å². The highest BCUT2D eigenvalue weighted by Crippen LogP contribution is 2.32. The van der Waals surface area contributed by atoms with Gasteiger partial charge in [0.25, 0.3) is 0 Å². The molecule has 3 nitrogen and oxygen atoms in total. The summed E-state index contributed by atoms with van der Waals surface area (Å²) in [5.74, 6) is 1.04. The molecule has 0 aliphatic carbocycles. The smallest absolute Gasteiger partial charge is 0.338 e. The summed E-state index contributed by atoms with van der Waals surface area (Å²) in [6, 6.07) is 15.8. The van der Waals surface area contributed by atoms with Crippen LogP contribution in [0.15, 0.2) is 48.5 Å². The Morgan fingerprint density at radius 2 is 1.95 bits per heavy atom. The maximum Gasteiger partial charge on any atom is 0.338 e. The maximum atomic E-state index is 11.6. The van der Waals surface area contributed by atoms with E-state index in [-0.39, 0.29) is 5.97 Å². The Hall–Kier alpha value is -2.29. The van der Waals surface area contributed by atoms with Gasteiger partial charge in [-0.2, -0.15) is 0 Å². The van der Waals surface area contributed by atoms with E-state index in [0.717, 1.165) is 12.2 Å². The van der Waals surface area contributed by atoms with E-state index in [4.69, 9.17) is 9.47 Å². The Morgan fingerprint density at radius 1 is 1.19 bits per heavy atom. The lowest BCUT2D eigenvalue weighted by Gasteiger charge is -2.25. The number of hydrogen-bond donors (Lipinski definition) is 0. The number of carbonyl (C=O) groups is 1. The molecule has 3 rings (SSSR count). The number of ether oxygens (including phenoxy) is 2. The Morgan fingerprint density at radius 3 is 2.71 bits per heavy atom. The Bertz CT molecular complexity index is 631. The number of esters is 1. The van der Waals surface area contributed by atoms with Gasteiger partial charge in [0.15, 0.2) is 0 Å². The lowest BCUT2D eigenvalue weighted by Crippen LogP contribution is -2.19. The molecule has 3 heteroatoms. The predicted octanol–water partition coefficient (Wildman–Crippen LogP) is 3.58. The standard InChI is InChI=1S/C18H18O3/c1-2-20-18(19)14-9-7-13(8-10-14)16-11-15-5-3-4-6-17(15)21-12-16/h3-10,16H,2,11-12H2,1H3. The number of fused-ring (bicyclic) bond motifs is 1. The minimum atomic E-state index is -0.269. The van der Waals surface area contributed by atoms with Crippen LogP contribution in [0.1, 0.15) is 34.3 Å². The third-order valence-electron chi connectivity index (χ3n) is 3.77. The fourth-order valence-electron chi connectivity index (χ4n) is 2.65. The monoisotopic (exact) mass is 282 g/mol. The fraction of sp³-hybridized carbons (Fsp3) is 0.278. The van der Waals surface area contributed by atoms with Gasteiger partial charge < -0.3 is 9.47 Å². The minimum Gasteiger partial charge on any atom is -0.493 e. The van der Waals surface area contributed by atoms with Gasteiger partial charge in [0, 0.05) is 5.92 Å². The molecule has 1 atom stereocenters. The Balaban J connectivity index is 1.75. The minimum absolute atomic E-state index is 0.269. The number of benzene rings is 2. The summed E-state index contributed by atoms with van der Waals surface area (Å²) in [6.45, 7) is 2.88. The Labute approximate surface area is 124 Å². The molecule has 0 amide bonds. The van der Waals surface area contributed by atoms with E-state index in [1.54, 1.807) is 0 Å². The van der Waals surface area contributed by atoms with Gasteiger partial charge in [0.2, 0.25) is 0 Å². The van der Waals surface area contributed by atoms with Crippen molar-refractivity contribution in [2.45, 2.75) is 19.3 Å². The quantitative estimate of drug-likeness (QED) is 0.807. The van der Waals surface area contributed by atoms with Crippen LogP contribution in [0.2, 0.25) is 0 Å². The molecular formula is C18H18O3. The van der Waals surface area contributed by atoms with Gasteiger partial charge in [0.1, 0.15) is 5.75 Å². The molecule has 1 heterocycles. The largest absolute Gasteiger partial charge is 0.493 e. The molecule has 0 spiro atoms. The molecule has 0 saturated carbocycles. The molecule has 108 valence electrons. The van der Waals surface area contributed by atoms with E-state index in [1.807, 2.05) is 49.4 Å². The second-order valence-electron chi connectivity index (χ2n) is 5.16. The van der Waals surface area contributed by atoms with Crippen molar-refractivity contribution < 1.29 is 14.3 Å². The van der Waals surface area contributed by atoms with E-state index in [2.05, 4.69) is 6.07 Å². The van der Waals surface area contributed by atoms with Gasteiger partial charge in [-0.15, -0.1) is 0 Å². The zero-order valence-corrected chi connectivity index (χ0v) is 12.0. The Kier molecular flexibility index (Phi) is 3.91. The number of hydrogen-bond acceptors (Lipinski definition) is 3. The molecule has 0 aromatic heterocycles. The fourth-order valence-corrected chi connectivity index (χ4v) is 2.65. The van der Waals surface area contributed by atoms with E-state index >= 15 is 0 Å². The van der Waals surface area contributed by atoms with Crippen LogP contribution >= 0.6 is 0 Å². The first-order valence-corrected chi connectivity index (χ1v) is 7.25. The molecule has 2 aromatic rings. The summed E-state index contributed by atoms with van der Waals surface area (Å²) in [7, 11) is 0. The summed E-state index contributed by atoms with van der Waals surface area (Å²) in [4.78, 5) is 11.6. The van der Waals surface area contributed by atoms with Crippen molar-refractivity contribution in [2.24, 2.45) is 0 Å². The average molecular weight is 282 g/mol. The second kappa shape index (κ2) is 6.00. The van der Waals surface area contributed by atoms with E-state index in [0.29, 0.717) is 24.7 Å². The van der Waals surface area contributed by atoms with Crippen LogP contribution in [0.5, 0.6) is 5.75 Å². The molecule has 0 radical (unpaired) electrons. The topological polar surface area (TPSA) is 35.5 Å². The van der Waals surface area contributed by atoms with Crippen molar-refractivity contribution in [3.63, 3.8) is 0 Å². The first-order chi connectivity index (χ1) is 10.3. The zero-order valence-electron chi connectivity index (χ0n) is 12.0. The second-order valence-corrected chi connectivity index (χ2v) is 5.16. The summed E-state index contributed by atoms with van der Waals surface area (Å²) in [6.07, 6.45) is 0.967. The van der Waals surface area contributed by atoms with Crippen LogP contribution in [-0.4, -0.2) is 19.2 Å². The third kappa shape index (κ3) is 2.92. The van der Waals surface area contributed by atoms with E-state index in [9.17, 15) is 4.79 Å². The SMILES string of the molecule is CCOC(=O)c1ccc(C2COc3ccccc3C2)cc1. The van der Waals surface area contributed by atoms with Crippen molar-refractivity contribution in [2.75, 3.05) is 13.2 Å². The van der Waals surface area contributed by atoms with Crippen LogP contribution in [-0.2, 0) is 11.2 Å². The van der Waals surface area contributed by atoms with Gasteiger partial charge in [-0.1, -0.05) is 30.3 Å². The molecule has 2 aromatic carbocycles. The van der Waals surface area contributed by atoms with Crippen molar-refractivity contribution in [3.05, 3.63) is 65.2 Å². The highest BCUT2D eigenvalue weighted by molar-refractivity contribution is 5.89. The molecule has 1 unspecified atom stereocenters.